The van der Waals surface area contributed by atoms with Crippen LogP contribution in [0.1, 0.15) is 12.6 Å². The number of hydrogen-bond acceptors (Lipinski definition) is 12. The Morgan fingerprint density at radius 3 is 2.50 bits per heavy atom. The number of ether oxygens (including phenoxy) is 1. The lowest BCUT2D eigenvalue weighted by molar-refractivity contribution is -0.0481. The first kappa shape index (κ1) is 23.3. The maximum absolute atomic E-state index is 11.8. The first-order valence-corrected chi connectivity index (χ1v) is 12.3. The second-order valence-electron chi connectivity index (χ2n) is 5.92. The Labute approximate surface area is 166 Å². The lowest BCUT2D eigenvalue weighted by atomic mass is 10.2. The van der Waals surface area contributed by atoms with Crippen LogP contribution in [-0.2, 0) is 31.6 Å². The van der Waals surface area contributed by atoms with Gasteiger partial charge >= 0.3 is 23.5 Å². The average molecular weight is 491 g/mol. The molecule has 3 heterocycles. The lowest BCUT2D eigenvalue weighted by Gasteiger charge is -2.18. The Morgan fingerprint density at radius 1 is 1.13 bits per heavy atom. The van der Waals surface area contributed by atoms with Gasteiger partial charge in [-0.2, -0.15) is 8.62 Å². The first-order chi connectivity index (χ1) is 13.8. The van der Waals surface area contributed by atoms with Crippen LogP contribution in [0, 0.1) is 0 Å². The fourth-order valence-electron chi connectivity index (χ4n) is 2.62. The summed E-state index contributed by atoms with van der Waals surface area (Å²) in [6.45, 7) is -0.693. The van der Waals surface area contributed by atoms with Gasteiger partial charge in [0.25, 0.3) is 0 Å². The summed E-state index contributed by atoms with van der Waals surface area (Å²) in [5.74, 6) is 0.107. The molecule has 5 unspecified atom stereocenters. The number of aliphatic hydroxyl groups is 1. The first-order valence-electron chi connectivity index (χ1n) is 7.81. The summed E-state index contributed by atoms with van der Waals surface area (Å²) in [5.41, 5.74) is 6.22. The number of rotatable bonds is 8. The molecule has 0 saturated carbocycles. The molecule has 5 atom stereocenters. The molecule has 1 aliphatic rings. The van der Waals surface area contributed by atoms with Crippen molar-refractivity contribution in [1.29, 1.82) is 0 Å². The summed E-state index contributed by atoms with van der Waals surface area (Å²) in [6.07, 6.45) is -0.711. The van der Waals surface area contributed by atoms with Crippen molar-refractivity contribution < 1.29 is 56.3 Å². The zero-order chi connectivity index (χ0) is 22.3. The van der Waals surface area contributed by atoms with Gasteiger partial charge in [0, 0.05) is 6.42 Å². The molecular formula is C10H16N5O12P3. The molecule has 1 saturated heterocycles. The molecule has 3 rings (SSSR count). The van der Waals surface area contributed by atoms with Crippen molar-refractivity contribution in [3.8, 4) is 0 Å². The molecule has 1 fully saturated rings. The number of anilines is 1. The topological polar surface area (TPSA) is 259 Å². The predicted molar refractivity (Wildman–Crippen MR) is 94.1 cm³/mol. The van der Waals surface area contributed by atoms with Gasteiger partial charge in [-0.1, -0.05) is 0 Å². The van der Waals surface area contributed by atoms with Crippen LogP contribution in [0.15, 0.2) is 12.7 Å². The van der Waals surface area contributed by atoms with Crippen LogP contribution in [0.5, 0.6) is 0 Å². The van der Waals surface area contributed by atoms with E-state index >= 15 is 0 Å². The molecule has 168 valence electrons. The Kier molecular flexibility index (Phi) is 6.47. The van der Waals surface area contributed by atoms with E-state index < -0.39 is 48.5 Å². The number of nitrogens with two attached hydrogens (primary N) is 1. The molecule has 17 nitrogen and oxygen atoms in total. The van der Waals surface area contributed by atoms with Crippen molar-refractivity contribution in [2.45, 2.75) is 24.9 Å². The van der Waals surface area contributed by atoms with Crippen LogP contribution < -0.4 is 5.73 Å². The summed E-state index contributed by atoms with van der Waals surface area (Å²) >= 11 is 0. The number of imidazole rings is 1. The fourth-order valence-corrected chi connectivity index (χ4v) is 5.67. The van der Waals surface area contributed by atoms with E-state index in [-0.39, 0.29) is 23.4 Å². The van der Waals surface area contributed by atoms with Gasteiger partial charge in [-0.3, -0.25) is 9.09 Å². The number of nitrogens with zero attached hydrogens (tertiary/aromatic N) is 4. The third kappa shape index (κ3) is 5.68. The number of phosphoric acid groups is 3. The molecule has 2 aromatic heterocycles. The number of aromatic nitrogens is 4. The highest BCUT2D eigenvalue weighted by atomic mass is 31.3. The smallest absolute Gasteiger partial charge is 0.388 e. The third-order valence-corrected chi connectivity index (χ3v) is 7.47. The number of phosphoric ester groups is 1. The average Bonchev–Trinajstić information content (AvgIpc) is 3.13. The van der Waals surface area contributed by atoms with E-state index in [2.05, 4.69) is 28.1 Å². The molecule has 0 aromatic carbocycles. The van der Waals surface area contributed by atoms with Gasteiger partial charge in [0.1, 0.15) is 17.9 Å². The lowest BCUT2D eigenvalue weighted by Crippen LogP contribution is -2.19. The van der Waals surface area contributed by atoms with Crippen LogP contribution in [0.4, 0.5) is 5.82 Å². The number of aliphatic hydroxyl groups excluding tert-OH is 1. The van der Waals surface area contributed by atoms with Crippen molar-refractivity contribution >= 4 is 40.4 Å². The monoisotopic (exact) mass is 491 g/mol. The Hall–Kier alpha value is -1.32. The molecule has 0 bridgehead atoms. The largest absolute Gasteiger partial charge is 0.490 e. The van der Waals surface area contributed by atoms with Crippen LogP contribution in [0.3, 0.4) is 0 Å². The molecule has 0 amide bonds. The zero-order valence-corrected chi connectivity index (χ0v) is 17.3. The van der Waals surface area contributed by atoms with E-state index in [9.17, 15) is 23.7 Å². The summed E-state index contributed by atoms with van der Waals surface area (Å²) in [5, 5.41) is 10.2. The molecule has 30 heavy (non-hydrogen) atoms. The molecule has 7 N–H and O–H groups in total. The molecule has 2 aromatic rings. The fraction of sp³-hybridized carbons (Fsp3) is 0.500. The maximum Gasteiger partial charge on any atom is 0.490 e. The standard InChI is InChI=1S/C10H16N5O12P3/c11-8-7-9(13-3-12-8)15(4-14-7)10-6(16)1-5(25-10)2-24-29(20,21)27-30(22,23)26-28(17,18)19/h3-6,10,16H,1-2H2,(H,20,21)(H,22,23)(H2,11,12,13)(H2,17,18,19). The molecular weight excluding hydrogens is 475 g/mol. The number of fused-ring (bicyclic) bond motifs is 1. The van der Waals surface area contributed by atoms with Crippen LogP contribution in [-0.4, -0.2) is 63.0 Å². The second kappa shape index (κ2) is 8.31. The van der Waals surface area contributed by atoms with Gasteiger partial charge in [-0.15, -0.1) is 0 Å². The van der Waals surface area contributed by atoms with Crippen molar-refractivity contribution in [2.75, 3.05) is 12.3 Å². The summed E-state index contributed by atoms with van der Waals surface area (Å²) < 4.78 is 52.3. The quantitative estimate of drug-likeness (QED) is 0.252. The maximum atomic E-state index is 11.8. The van der Waals surface area contributed by atoms with E-state index in [1.807, 2.05) is 0 Å². The van der Waals surface area contributed by atoms with Gasteiger partial charge in [-0.25, -0.2) is 28.6 Å². The Bertz CT molecular complexity index is 1070. The Morgan fingerprint density at radius 2 is 1.83 bits per heavy atom. The third-order valence-electron chi connectivity index (χ3n) is 3.67. The van der Waals surface area contributed by atoms with Gasteiger partial charge in [0.2, 0.25) is 0 Å². The van der Waals surface area contributed by atoms with Crippen LogP contribution >= 0.6 is 23.5 Å². The summed E-state index contributed by atoms with van der Waals surface area (Å²) in [6, 6.07) is 0. The van der Waals surface area contributed by atoms with E-state index in [4.69, 9.17) is 25.2 Å². The van der Waals surface area contributed by atoms with E-state index in [1.54, 1.807) is 0 Å². The van der Waals surface area contributed by atoms with Gasteiger partial charge in [-0.05, 0) is 0 Å². The van der Waals surface area contributed by atoms with Crippen molar-refractivity contribution in [3.05, 3.63) is 12.7 Å². The minimum absolute atomic E-state index is 0.0827. The summed E-state index contributed by atoms with van der Waals surface area (Å²) in [7, 11) is -16.4. The summed E-state index contributed by atoms with van der Waals surface area (Å²) in [4.78, 5) is 47.4. The number of hydrogen-bond donors (Lipinski definition) is 6. The van der Waals surface area contributed by atoms with Crippen molar-refractivity contribution in [3.63, 3.8) is 0 Å². The highest BCUT2D eigenvalue weighted by molar-refractivity contribution is 7.66. The van der Waals surface area contributed by atoms with Gasteiger partial charge < -0.3 is 35.2 Å². The Balaban J connectivity index is 1.63. The SMILES string of the molecule is Nc1ncnc2c1ncn2C1OC(COP(=O)(O)OP(=O)(O)OP(=O)(O)O)CC1O. The number of nitrogen functional groups attached to an aromatic ring is 1. The highest BCUT2D eigenvalue weighted by Gasteiger charge is 2.42. The van der Waals surface area contributed by atoms with Crippen LogP contribution in [0.25, 0.3) is 11.2 Å². The molecule has 0 aliphatic carbocycles. The van der Waals surface area contributed by atoms with Gasteiger partial charge in [0.05, 0.1) is 19.0 Å². The van der Waals surface area contributed by atoms with Crippen molar-refractivity contribution in [2.24, 2.45) is 0 Å². The second-order valence-corrected chi connectivity index (χ2v) is 10.3. The van der Waals surface area contributed by atoms with Gasteiger partial charge in [0.15, 0.2) is 17.7 Å². The molecule has 20 heteroatoms. The molecule has 0 radical (unpaired) electrons. The normalized spacial score (nSPS) is 26.5. The molecule has 0 spiro atoms. The zero-order valence-electron chi connectivity index (χ0n) is 14.6. The van der Waals surface area contributed by atoms with E-state index in [0.29, 0.717) is 0 Å². The predicted octanol–water partition coefficient (Wildman–Crippen LogP) is -0.600. The molecule has 1 aliphatic heterocycles. The minimum Gasteiger partial charge on any atom is -0.388 e. The van der Waals surface area contributed by atoms with Crippen molar-refractivity contribution in [1.82, 2.24) is 19.5 Å². The minimum atomic E-state index is -5.62. The van der Waals surface area contributed by atoms with E-state index in [1.165, 1.54) is 17.2 Å². The highest BCUT2D eigenvalue weighted by Crippen LogP contribution is 2.66. The van der Waals surface area contributed by atoms with E-state index in [0.717, 1.165) is 0 Å². The van der Waals surface area contributed by atoms with Crippen LogP contribution in [0.2, 0.25) is 0 Å².